The van der Waals surface area contributed by atoms with Gasteiger partial charge in [0.1, 0.15) is 0 Å². The molecule has 0 heteroatoms. The molecule has 1 aliphatic rings. The summed E-state index contributed by atoms with van der Waals surface area (Å²) in [7, 11) is 0. The van der Waals surface area contributed by atoms with Gasteiger partial charge in [0.25, 0.3) is 0 Å². The fourth-order valence-electron chi connectivity index (χ4n) is 7.63. The number of hydrogen-bond donors (Lipinski definition) is 0. The van der Waals surface area contributed by atoms with E-state index in [9.17, 15) is 0 Å². The molecule has 8 aromatic carbocycles. The number of fused-ring (bicyclic) bond motifs is 5. The number of benzene rings is 8. The predicted molar refractivity (Wildman–Crippen MR) is 176 cm³/mol. The summed E-state index contributed by atoms with van der Waals surface area (Å²) in [4.78, 5) is 0. The van der Waals surface area contributed by atoms with Crippen molar-refractivity contribution in [3.63, 3.8) is 0 Å². The summed E-state index contributed by atoms with van der Waals surface area (Å²) in [5.41, 5.74) is 10.7. The highest BCUT2D eigenvalue weighted by atomic mass is 14.4. The van der Waals surface area contributed by atoms with Crippen LogP contribution in [0.1, 0.15) is 25.0 Å². The zero-order valence-corrected chi connectivity index (χ0v) is 23.2. The lowest BCUT2D eigenvalue weighted by Crippen LogP contribution is -2.15. The second kappa shape index (κ2) is 8.05. The summed E-state index contributed by atoms with van der Waals surface area (Å²) in [6.45, 7) is 4.73. The second-order valence-electron chi connectivity index (χ2n) is 12.1. The van der Waals surface area contributed by atoms with E-state index in [1.165, 1.54) is 87.6 Å². The molecule has 192 valence electrons. The first-order valence-corrected chi connectivity index (χ1v) is 14.5. The molecule has 0 aliphatic heterocycles. The van der Waals surface area contributed by atoms with Gasteiger partial charge in [-0.15, -0.1) is 0 Å². The van der Waals surface area contributed by atoms with Crippen molar-refractivity contribution in [2.24, 2.45) is 0 Å². The molecule has 0 N–H and O–H groups in total. The first-order chi connectivity index (χ1) is 20.1. The number of hydrogen-bond acceptors (Lipinski definition) is 0. The molecule has 0 bridgehead atoms. The normalized spacial score (nSPS) is 13.8. The Labute approximate surface area is 239 Å². The highest BCUT2D eigenvalue weighted by Gasteiger charge is 2.36. The summed E-state index contributed by atoms with van der Waals surface area (Å²) in [5, 5.41) is 10.6. The van der Waals surface area contributed by atoms with E-state index in [2.05, 4.69) is 147 Å². The Bertz CT molecular complexity index is 2300. The van der Waals surface area contributed by atoms with Crippen molar-refractivity contribution in [3.8, 4) is 33.4 Å². The van der Waals surface area contributed by atoms with E-state index in [-0.39, 0.29) is 5.41 Å². The molecule has 0 unspecified atom stereocenters. The van der Waals surface area contributed by atoms with Gasteiger partial charge in [-0.25, -0.2) is 0 Å². The van der Waals surface area contributed by atoms with Crippen molar-refractivity contribution in [2.75, 3.05) is 0 Å². The average Bonchev–Trinajstić information content (AvgIpc) is 3.26. The Morgan fingerprint density at radius 1 is 0.390 bits per heavy atom. The molecular formula is C41H28. The van der Waals surface area contributed by atoms with Gasteiger partial charge in [-0.2, -0.15) is 0 Å². The third kappa shape index (κ3) is 3.11. The Morgan fingerprint density at radius 2 is 1.00 bits per heavy atom. The van der Waals surface area contributed by atoms with E-state index in [1.54, 1.807) is 0 Å². The Balaban J connectivity index is 1.14. The molecular weight excluding hydrogens is 492 g/mol. The van der Waals surface area contributed by atoms with Gasteiger partial charge in [-0.3, -0.25) is 0 Å². The van der Waals surface area contributed by atoms with Crippen molar-refractivity contribution >= 4 is 43.1 Å². The lowest BCUT2D eigenvalue weighted by atomic mass is 9.80. The van der Waals surface area contributed by atoms with Crippen LogP contribution in [0.15, 0.2) is 133 Å². The number of rotatable bonds is 2. The largest absolute Gasteiger partial charge is 0.0619 e. The fraction of sp³-hybridized carbons (Fsp3) is 0.0732. The molecule has 41 heavy (non-hydrogen) atoms. The highest BCUT2D eigenvalue weighted by molar-refractivity contribution is 6.25. The van der Waals surface area contributed by atoms with Gasteiger partial charge in [0.05, 0.1) is 0 Å². The zero-order chi connectivity index (χ0) is 27.3. The van der Waals surface area contributed by atoms with Crippen LogP contribution in [0, 0.1) is 0 Å². The molecule has 0 heterocycles. The van der Waals surface area contributed by atoms with Crippen molar-refractivity contribution < 1.29 is 0 Å². The molecule has 0 spiro atoms. The SMILES string of the molecule is CC1(C)c2ccccc2-c2ccc3cc(-c4ccc(-c5ccc6ccc7cccc8ccc5c6c78)cc4)ccc3c21. The van der Waals surface area contributed by atoms with Crippen molar-refractivity contribution in [2.45, 2.75) is 19.3 Å². The predicted octanol–water partition coefficient (Wildman–Crippen LogP) is 11.4. The van der Waals surface area contributed by atoms with Gasteiger partial charge in [0.15, 0.2) is 0 Å². The third-order valence-corrected chi connectivity index (χ3v) is 9.59. The first-order valence-electron chi connectivity index (χ1n) is 14.5. The third-order valence-electron chi connectivity index (χ3n) is 9.59. The van der Waals surface area contributed by atoms with Crippen molar-refractivity contribution in [1.29, 1.82) is 0 Å². The Kier molecular flexibility index (Phi) is 4.49. The summed E-state index contributed by atoms with van der Waals surface area (Å²) >= 11 is 0. The van der Waals surface area contributed by atoms with Crippen LogP contribution in [0.5, 0.6) is 0 Å². The maximum absolute atomic E-state index is 2.36. The second-order valence-corrected chi connectivity index (χ2v) is 12.1. The van der Waals surface area contributed by atoms with Gasteiger partial charge >= 0.3 is 0 Å². The standard InChI is InChI=1S/C41H28/c1-41(2)37-9-4-3-8-34(37)36-23-19-31-24-30(18-21-33(31)40(36)41)25-10-12-26(13-11-25)32-20-16-29-15-14-27-6-5-7-28-17-22-35(32)39(29)38(27)28/h3-24H,1-2H3. The molecule has 8 aromatic rings. The molecule has 0 amide bonds. The lowest BCUT2D eigenvalue weighted by molar-refractivity contribution is 0.666. The van der Waals surface area contributed by atoms with Crippen LogP contribution >= 0.6 is 0 Å². The summed E-state index contributed by atoms with van der Waals surface area (Å²) in [6, 6.07) is 49.9. The van der Waals surface area contributed by atoms with Crippen LogP contribution in [-0.4, -0.2) is 0 Å². The highest BCUT2D eigenvalue weighted by Crippen LogP contribution is 2.51. The molecule has 0 aromatic heterocycles. The molecule has 0 radical (unpaired) electrons. The average molecular weight is 521 g/mol. The van der Waals surface area contributed by atoms with E-state index in [0.717, 1.165) is 0 Å². The maximum atomic E-state index is 2.36. The molecule has 0 nitrogen and oxygen atoms in total. The molecule has 1 aliphatic carbocycles. The quantitative estimate of drug-likeness (QED) is 0.199. The van der Waals surface area contributed by atoms with Gasteiger partial charge in [0.2, 0.25) is 0 Å². The van der Waals surface area contributed by atoms with E-state index in [1.807, 2.05) is 0 Å². The van der Waals surface area contributed by atoms with Crippen LogP contribution in [0.2, 0.25) is 0 Å². The summed E-state index contributed by atoms with van der Waals surface area (Å²) in [5.74, 6) is 0. The monoisotopic (exact) mass is 520 g/mol. The topological polar surface area (TPSA) is 0 Å². The van der Waals surface area contributed by atoms with Gasteiger partial charge in [-0.05, 0) is 93.7 Å². The zero-order valence-electron chi connectivity index (χ0n) is 23.2. The molecule has 0 fully saturated rings. The van der Waals surface area contributed by atoms with Crippen LogP contribution in [-0.2, 0) is 5.41 Å². The molecule has 0 atom stereocenters. The summed E-state index contributed by atoms with van der Waals surface area (Å²) < 4.78 is 0. The van der Waals surface area contributed by atoms with Crippen LogP contribution < -0.4 is 0 Å². The summed E-state index contributed by atoms with van der Waals surface area (Å²) in [6.07, 6.45) is 0. The first kappa shape index (κ1) is 22.8. The maximum Gasteiger partial charge on any atom is 0.0165 e. The minimum Gasteiger partial charge on any atom is -0.0619 e. The lowest BCUT2D eigenvalue weighted by Gasteiger charge is -2.23. The fourth-order valence-corrected chi connectivity index (χ4v) is 7.63. The van der Waals surface area contributed by atoms with E-state index in [0.29, 0.717) is 0 Å². The molecule has 0 saturated carbocycles. The minimum atomic E-state index is -0.00468. The smallest absolute Gasteiger partial charge is 0.0165 e. The molecule has 0 saturated heterocycles. The Morgan fingerprint density at radius 3 is 1.83 bits per heavy atom. The Hall–Kier alpha value is -4.94. The van der Waals surface area contributed by atoms with E-state index >= 15 is 0 Å². The van der Waals surface area contributed by atoms with Crippen LogP contribution in [0.4, 0.5) is 0 Å². The van der Waals surface area contributed by atoms with Gasteiger partial charge in [-0.1, -0.05) is 141 Å². The van der Waals surface area contributed by atoms with Gasteiger partial charge < -0.3 is 0 Å². The minimum absolute atomic E-state index is 0.00468. The van der Waals surface area contributed by atoms with E-state index < -0.39 is 0 Å². The van der Waals surface area contributed by atoms with Crippen LogP contribution in [0.3, 0.4) is 0 Å². The van der Waals surface area contributed by atoms with Crippen LogP contribution in [0.25, 0.3) is 76.5 Å². The molecule has 9 rings (SSSR count). The van der Waals surface area contributed by atoms with Gasteiger partial charge in [0, 0.05) is 5.41 Å². The van der Waals surface area contributed by atoms with Crippen molar-refractivity contribution in [1.82, 2.24) is 0 Å². The van der Waals surface area contributed by atoms with E-state index in [4.69, 9.17) is 0 Å². The van der Waals surface area contributed by atoms with Crippen molar-refractivity contribution in [3.05, 3.63) is 145 Å².